The lowest BCUT2D eigenvalue weighted by molar-refractivity contribution is -0.00610. The van der Waals surface area contributed by atoms with Crippen molar-refractivity contribution in [2.24, 2.45) is 0 Å². The van der Waals surface area contributed by atoms with E-state index in [1.807, 2.05) is 12.1 Å². The van der Waals surface area contributed by atoms with E-state index in [-0.39, 0.29) is 6.04 Å². The van der Waals surface area contributed by atoms with Crippen LogP contribution in [-0.2, 0) is 4.74 Å². The minimum absolute atomic E-state index is 0.226. The van der Waals surface area contributed by atoms with Crippen molar-refractivity contribution in [2.45, 2.75) is 50.9 Å². The number of halogens is 1. The van der Waals surface area contributed by atoms with Crippen molar-refractivity contribution >= 4 is 15.9 Å². The van der Waals surface area contributed by atoms with Gasteiger partial charge in [-0.1, -0.05) is 40.9 Å². The summed E-state index contributed by atoms with van der Waals surface area (Å²) in [4.78, 5) is 0. The van der Waals surface area contributed by atoms with E-state index in [9.17, 15) is 5.11 Å². The van der Waals surface area contributed by atoms with Crippen molar-refractivity contribution in [2.75, 3.05) is 13.2 Å². The third-order valence-corrected chi connectivity index (χ3v) is 4.38. The normalized spacial score (nSPS) is 19.1. The Kier molecular flexibility index (Phi) is 6.49. The molecule has 0 radical (unpaired) electrons. The maximum atomic E-state index is 9.95. The average Bonchev–Trinajstić information content (AvgIpc) is 2.96. The molecule has 0 saturated heterocycles. The summed E-state index contributed by atoms with van der Waals surface area (Å²) in [5, 5.41) is 13.3. The molecule has 1 aliphatic carbocycles. The molecule has 1 fully saturated rings. The Morgan fingerprint density at radius 1 is 1.30 bits per heavy atom. The number of aliphatic hydroxyl groups excluding tert-OH is 1. The fraction of sp³-hybridized carbons (Fsp3) is 0.625. The number of benzene rings is 1. The van der Waals surface area contributed by atoms with Crippen molar-refractivity contribution in [1.82, 2.24) is 5.32 Å². The second kappa shape index (κ2) is 8.13. The molecule has 0 bridgehead atoms. The van der Waals surface area contributed by atoms with E-state index < -0.39 is 6.10 Å². The Labute approximate surface area is 129 Å². The Morgan fingerprint density at radius 3 is 2.60 bits per heavy atom. The highest BCUT2D eigenvalue weighted by Crippen LogP contribution is 2.21. The first-order valence-electron chi connectivity index (χ1n) is 7.43. The van der Waals surface area contributed by atoms with Gasteiger partial charge in [-0.25, -0.2) is 0 Å². The molecule has 3 nitrogen and oxygen atoms in total. The van der Waals surface area contributed by atoms with Gasteiger partial charge in [0.25, 0.3) is 0 Å². The molecule has 0 spiro atoms. The number of hydrogen-bond acceptors (Lipinski definition) is 3. The Bertz CT molecular complexity index is 390. The molecule has 2 N–H and O–H groups in total. The summed E-state index contributed by atoms with van der Waals surface area (Å²) in [5.41, 5.74) is 1.22. The molecule has 0 aromatic heterocycles. The number of ether oxygens (including phenoxy) is 1. The zero-order valence-corrected chi connectivity index (χ0v) is 13.6. The van der Waals surface area contributed by atoms with E-state index in [2.05, 4.69) is 40.3 Å². The van der Waals surface area contributed by atoms with Gasteiger partial charge in [0.05, 0.1) is 18.8 Å². The molecule has 0 amide bonds. The topological polar surface area (TPSA) is 41.5 Å². The lowest BCUT2D eigenvalue weighted by Gasteiger charge is -2.19. The van der Waals surface area contributed by atoms with Gasteiger partial charge in [0.1, 0.15) is 0 Å². The quantitative estimate of drug-likeness (QED) is 0.798. The molecular weight excluding hydrogens is 318 g/mol. The molecule has 4 heteroatoms. The highest BCUT2D eigenvalue weighted by Gasteiger charge is 2.17. The number of aliphatic hydroxyl groups is 1. The fourth-order valence-electron chi connectivity index (χ4n) is 2.54. The van der Waals surface area contributed by atoms with E-state index in [4.69, 9.17) is 4.74 Å². The van der Waals surface area contributed by atoms with Crippen LogP contribution in [0.2, 0.25) is 0 Å². The number of rotatable bonds is 7. The highest BCUT2D eigenvalue weighted by atomic mass is 79.9. The van der Waals surface area contributed by atoms with Crippen LogP contribution < -0.4 is 5.32 Å². The number of hydrogen-bond donors (Lipinski definition) is 2. The molecule has 1 aromatic carbocycles. The average molecular weight is 342 g/mol. The molecule has 1 aliphatic rings. The maximum absolute atomic E-state index is 9.95. The van der Waals surface area contributed by atoms with Crippen LogP contribution in [0.25, 0.3) is 0 Å². The van der Waals surface area contributed by atoms with Crippen molar-refractivity contribution in [1.29, 1.82) is 0 Å². The first-order valence-corrected chi connectivity index (χ1v) is 8.23. The summed E-state index contributed by atoms with van der Waals surface area (Å²) < 4.78 is 6.80. The third-order valence-electron chi connectivity index (χ3n) is 3.86. The van der Waals surface area contributed by atoms with E-state index in [1.165, 1.54) is 18.4 Å². The lowest BCUT2D eigenvalue weighted by atomic mass is 10.1. The van der Waals surface area contributed by atoms with Gasteiger partial charge >= 0.3 is 0 Å². The highest BCUT2D eigenvalue weighted by molar-refractivity contribution is 9.10. The van der Waals surface area contributed by atoms with Crippen LogP contribution >= 0.6 is 15.9 Å². The Balaban J connectivity index is 1.66. The van der Waals surface area contributed by atoms with Crippen LogP contribution in [0.5, 0.6) is 0 Å². The predicted octanol–water partition coefficient (Wildman–Crippen LogP) is 3.42. The standard InChI is InChI=1S/C16H24BrNO2/c1-12(13-6-8-14(17)9-7-13)18-10-15(19)11-20-16-4-2-3-5-16/h6-9,12,15-16,18-19H,2-5,10-11H2,1H3. The van der Waals surface area contributed by atoms with Gasteiger partial charge < -0.3 is 15.2 Å². The molecule has 2 atom stereocenters. The van der Waals surface area contributed by atoms with Crippen molar-refractivity contribution < 1.29 is 9.84 Å². The van der Waals surface area contributed by atoms with Crippen LogP contribution in [0, 0.1) is 0 Å². The van der Waals surface area contributed by atoms with Gasteiger partial charge in [-0.05, 0) is 37.5 Å². The molecule has 112 valence electrons. The lowest BCUT2D eigenvalue weighted by Crippen LogP contribution is -2.33. The summed E-state index contributed by atoms with van der Waals surface area (Å²) in [7, 11) is 0. The van der Waals surface area contributed by atoms with E-state index in [0.29, 0.717) is 19.3 Å². The van der Waals surface area contributed by atoms with E-state index in [0.717, 1.165) is 17.3 Å². The molecule has 0 heterocycles. The molecular formula is C16H24BrNO2. The maximum Gasteiger partial charge on any atom is 0.0898 e. The van der Waals surface area contributed by atoms with Gasteiger partial charge in [-0.15, -0.1) is 0 Å². The summed E-state index contributed by atoms with van der Waals surface area (Å²) in [6.45, 7) is 3.10. The van der Waals surface area contributed by atoms with Crippen LogP contribution in [0.4, 0.5) is 0 Å². The first kappa shape index (κ1) is 16.0. The van der Waals surface area contributed by atoms with Gasteiger partial charge in [-0.3, -0.25) is 0 Å². The zero-order chi connectivity index (χ0) is 14.4. The van der Waals surface area contributed by atoms with Gasteiger partial charge in [0.2, 0.25) is 0 Å². The van der Waals surface area contributed by atoms with Crippen LogP contribution in [-0.4, -0.2) is 30.5 Å². The van der Waals surface area contributed by atoms with Crippen molar-refractivity contribution in [3.8, 4) is 0 Å². The molecule has 1 saturated carbocycles. The van der Waals surface area contributed by atoms with Crippen molar-refractivity contribution in [3.63, 3.8) is 0 Å². The van der Waals surface area contributed by atoms with Crippen molar-refractivity contribution in [3.05, 3.63) is 34.3 Å². The molecule has 20 heavy (non-hydrogen) atoms. The second-order valence-electron chi connectivity index (χ2n) is 5.58. The monoisotopic (exact) mass is 341 g/mol. The molecule has 2 unspecified atom stereocenters. The fourth-order valence-corrected chi connectivity index (χ4v) is 2.81. The minimum Gasteiger partial charge on any atom is -0.389 e. The van der Waals surface area contributed by atoms with E-state index in [1.54, 1.807) is 0 Å². The third kappa shape index (κ3) is 5.17. The smallest absolute Gasteiger partial charge is 0.0898 e. The largest absolute Gasteiger partial charge is 0.389 e. The summed E-state index contributed by atoms with van der Waals surface area (Å²) in [6, 6.07) is 8.47. The SMILES string of the molecule is CC(NCC(O)COC1CCCC1)c1ccc(Br)cc1. The first-order chi connectivity index (χ1) is 9.65. The Hall–Kier alpha value is -0.420. The van der Waals surface area contributed by atoms with Gasteiger partial charge in [-0.2, -0.15) is 0 Å². The van der Waals surface area contributed by atoms with E-state index >= 15 is 0 Å². The van der Waals surface area contributed by atoms with Crippen LogP contribution in [0.3, 0.4) is 0 Å². The molecule has 0 aliphatic heterocycles. The predicted molar refractivity (Wildman–Crippen MR) is 84.8 cm³/mol. The minimum atomic E-state index is -0.437. The summed E-state index contributed by atoms with van der Waals surface area (Å²) >= 11 is 3.43. The summed E-state index contributed by atoms with van der Waals surface area (Å²) in [5.74, 6) is 0. The van der Waals surface area contributed by atoms with Gasteiger partial charge in [0, 0.05) is 17.1 Å². The molecule has 1 aromatic rings. The van der Waals surface area contributed by atoms with Gasteiger partial charge in [0.15, 0.2) is 0 Å². The molecule has 2 rings (SSSR count). The Morgan fingerprint density at radius 2 is 1.95 bits per heavy atom. The van der Waals surface area contributed by atoms with Crippen LogP contribution in [0.1, 0.15) is 44.2 Å². The second-order valence-corrected chi connectivity index (χ2v) is 6.49. The number of nitrogens with one attached hydrogen (secondary N) is 1. The summed E-state index contributed by atoms with van der Waals surface area (Å²) in [6.07, 6.45) is 4.76. The zero-order valence-electron chi connectivity index (χ0n) is 12.0. The van der Waals surface area contributed by atoms with Crippen LogP contribution in [0.15, 0.2) is 28.7 Å².